The van der Waals surface area contributed by atoms with Crippen LogP contribution in [0.15, 0.2) is 64.4 Å². The van der Waals surface area contributed by atoms with Crippen LogP contribution in [-0.2, 0) is 5.97 Å². The molecule has 0 spiro atoms. The minimum absolute atomic E-state index is 0.0517. The van der Waals surface area contributed by atoms with Crippen LogP contribution in [0.25, 0.3) is 0 Å². The van der Waals surface area contributed by atoms with Crippen LogP contribution in [0.2, 0.25) is 0 Å². The molecule has 5 N–H and O–H groups in total. The fourth-order valence-corrected chi connectivity index (χ4v) is 2.84. The molecule has 0 radical (unpaired) electrons. The predicted octanol–water partition coefficient (Wildman–Crippen LogP) is 1.34. The Labute approximate surface area is 156 Å². The molecule has 8 nitrogen and oxygen atoms in total. The van der Waals surface area contributed by atoms with E-state index in [0.717, 1.165) is 6.42 Å². The summed E-state index contributed by atoms with van der Waals surface area (Å²) < 4.78 is 0. The Morgan fingerprint density at radius 2 is 1.89 bits per heavy atom. The molecule has 1 aliphatic heterocycles. The Hall–Kier alpha value is -3.07. The number of aliphatic hydroxyl groups is 3. The molecule has 3 rings (SSSR count). The molecule has 0 unspecified atom stereocenters. The van der Waals surface area contributed by atoms with E-state index in [1.807, 2.05) is 24.0 Å². The minimum Gasteiger partial charge on any atom is -0.383 e. The molecule has 0 amide bonds. The van der Waals surface area contributed by atoms with Crippen LogP contribution in [0.3, 0.4) is 0 Å². The smallest absolute Gasteiger partial charge is 0.304 e. The van der Waals surface area contributed by atoms with Gasteiger partial charge in [-0.15, -0.1) is 0 Å². The van der Waals surface area contributed by atoms with Crippen LogP contribution in [0, 0.1) is 0 Å². The topological polar surface area (TPSA) is 128 Å². The van der Waals surface area contributed by atoms with E-state index in [1.165, 1.54) is 12.1 Å². The highest BCUT2D eigenvalue weighted by molar-refractivity contribution is 6.34. The Morgan fingerprint density at radius 1 is 1.19 bits per heavy atom. The van der Waals surface area contributed by atoms with Gasteiger partial charge in [-0.2, -0.15) is 0 Å². The zero-order valence-electron chi connectivity index (χ0n) is 15.0. The van der Waals surface area contributed by atoms with E-state index in [-0.39, 0.29) is 5.56 Å². The van der Waals surface area contributed by atoms with Gasteiger partial charge in [0.15, 0.2) is 11.7 Å². The summed E-state index contributed by atoms with van der Waals surface area (Å²) in [6.45, 7) is 2.01. The van der Waals surface area contributed by atoms with E-state index in [9.17, 15) is 15.3 Å². The van der Waals surface area contributed by atoms with Gasteiger partial charge in [-0.05, 0) is 42.8 Å². The Bertz CT molecular complexity index is 927. The molecule has 8 heteroatoms. The number of aliphatic imine (C=N–C) groups is 2. The number of allylic oxidation sites excluding steroid dienone is 1. The molecule has 1 aliphatic rings. The monoisotopic (exact) mass is 367 g/mol. The first kappa shape index (κ1) is 18.7. The van der Waals surface area contributed by atoms with Crippen molar-refractivity contribution >= 4 is 23.2 Å². The quantitative estimate of drug-likeness (QED) is 0.604. The highest BCUT2D eigenvalue weighted by Crippen LogP contribution is 2.30. The largest absolute Gasteiger partial charge is 0.383 e. The lowest BCUT2D eigenvalue weighted by atomic mass is 10.1. The zero-order chi connectivity index (χ0) is 19.6. The van der Waals surface area contributed by atoms with E-state index in [0.29, 0.717) is 34.4 Å². The average Bonchev–Trinajstić information content (AvgIpc) is 3.00. The van der Waals surface area contributed by atoms with Gasteiger partial charge in [0, 0.05) is 24.5 Å². The van der Waals surface area contributed by atoms with Crippen LogP contribution in [0.4, 0.5) is 11.5 Å². The molecule has 0 bridgehead atoms. The normalized spacial score (nSPS) is 17.7. The first-order valence-electron chi connectivity index (χ1n) is 8.41. The van der Waals surface area contributed by atoms with Gasteiger partial charge in [0.05, 0.1) is 5.56 Å². The molecule has 140 valence electrons. The molecule has 1 aromatic carbocycles. The lowest BCUT2D eigenvalue weighted by Crippen LogP contribution is -2.33. The molecule has 1 aromatic heterocycles. The summed E-state index contributed by atoms with van der Waals surface area (Å²) in [5.41, 5.74) is 8.04. The van der Waals surface area contributed by atoms with Crippen molar-refractivity contribution in [1.82, 2.24) is 4.98 Å². The molecular formula is C19H21N5O3. The van der Waals surface area contributed by atoms with Crippen molar-refractivity contribution in [3.05, 3.63) is 65.5 Å². The van der Waals surface area contributed by atoms with Gasteiger partial charge >= 0.3 is 5.97 Å². The minimum atomic E-state index is -2.90. The Balaban J connectivity index is 2.14. The summed E-state index contributed by atoms with van der Waals surface area (Å²) in [6, 6.07) is 9.69. The third-order valence-corrected chi connectivity index (χ3v) is 4.08. The van der Waals surface area contributed by atoms with Crippen molar-refractivity contribution in [2.24, 2.45) is 9.98 Å². The van der Waals surface area contributed by atoms with Crippen molar-refractivity contribution in [3.8, 4) is 0 Å². The highest BCUT2D eigenvalue weighted by atomic mass is 16.7. The van der Waals surface area contributed by atoms with Gasteiger partial charge in [0.2, 0.25) is 0 Å². The number of nitrogens with zero attached hydrogens (tertiary/aromatic N) is 4. The SMILES string of the molecule is CC/C=C1/N=C(c2cccnc2N)N(c2ccc(C(O)(O)O)cc2)C1=NC. The standard InChI is InChI=1S/C19H21N5O3/c1-3-5-15-18(21-2)24(13-9-7-12(8-10-13)19(25,26)27)17(23-15)14-6-4-11-22-16(14)20/h4-11,25-27H,3H2,1-2H3,(H2,20,22)/b15-5+,21-18?. The van der Waals surface area contributed by atoms with Gasteiger partial charge in [0.25, 0.3) is 0 Å². The molecule has 27 heavy (non-hydrogen) atoms. The number of amidine groups is 2. The molecule has 0 atom stereocenters. The number of pyridine rings is 1. The van der Waals surface area contributed by atoms with E-state index >= 15 is 0 Å². The fourth-order valence-electron chi connectivity index (χ4n) is 2.84. The number of nitrogens with two attached hydrogens (primary N) is 1. The van der Waals surface area contributed by atoms with Gasteiger partial charge in [-0.3, -0.25) is 9.89 Å². The average molecular weight is 367 g/mol. The van der Waals surface area contributed by atoms with Crippen molar-refractivity contribution in [3.63, 3.8) is 0 Å². The van der Waals surface area contributed by atoms with Crippen LogP contribution >= 0.6 is 0 Å². The van der Waals surface area contributed by atoms with E-state index in [2.05, 4.69) is 9.98 Å². The summed E-state index contributed by atoms with van der Waals surface area (Å²) in [5.74, 6) is -1.36. The second kappa shape index (κ2) is 7.28. The number of aromatic nitrogens is 1. The fraction of sp³-hybridized carbons (Fsp3) is 0.211. The van der Waals surface area contributed by atoms with Crippen LogP contribution in [0.1, 0.15) is 24.5 Å². The molecule has 0 aliphatic carbocycles. The third-order valence-electron chi connectivity index (χ3n) is 4.08. The van der Waals surface area contributed by atoms with E-state index in [4.69, 9.17) is 10.7 Å². The number of nitrogen functional groups attached to an aromatic ring is 1. The first-order valence-corrected chi connectivity index (χ1v) is 8.41. The third kappa shape index (κ3) is 3.59. The maximum absolute atomic E-state index is 9.34. The number of hydrogen-bond acceptors (Lipinski definition) is 7. The maximum atomic E-state index is 9.34. The summed E-state index contributed by atoms with van der Waals surface area (Å²) >= 11 is 0. The molecule has 2 heterocycles. The Kier molecular flexibility index (Phi) is 5.04. The lowest BCUT2D eigenvalue weighted by molar-refractivity contribution is -0.323. The molecule has 2 aromatic rings. The summed E-state index contributed by atoms with van der Waals surface area (Å²) in [6.07, 6.45) is 4.35. The second-order valence-electron chi connectivity index (χ2n) is 5.93. The Morgan fingerprint density at radius 3 is 2.44 bits per heavy atom. The van der Waals surface area contributed by atoms with Gasteiger partial charge < -0.3 is 21.1 Å². The van der Waals surface area contributed by atoms with Crippen molar-refractivity contribution in [1.29, 1.82) is 0 Å². The molecular weight excluding hydrogens is 346 g/mol. The van der Waals surface area contributed by atoms with Gasteiger partial charge in [0.1, 0.15) is 11.5 Å². The first-order chi connectivity index (χ1) is 12.9. The highest BCUT2D eigenvalue weighted by Gasteiger charge is 2.32. The van der Waals surface area contributed by atoms with Crippen molar-refractivity contribution in [2.75, 3.05) is 17.7 Å². The maximum Gasteiger partial charge on any atom is 0.304 e. The lowest BCUT2D eigenvalue weighted by Gasteiger charge is -2.23. The van der Waals surface area contributed by atoms with Crippen LogP contribution in [0.5, 0.6) is 0 Å². The predicted molar refractivity (Wildman–Crippen MR) is 104 cm³/mol. The number of anilines is 2. The summed E-state index contributed by atoms with van der Waals surface area (Å²) in [5, 5.41) is 28.0. The number of hydrogen-bond donors (Lipinski definition) is 4. The van der Waals surface area contributed by atoms with Gasteiger partial charge in [-0.25, -0.2) is 9.98 Å². The molecule has 0 fully saturated rings. The van der Waals surface area contributed by atoms with E-state index in [1.54, 1.807) is 31.4 Å². The molecule has 0 saturated carbocycles. The number of rotatable bonds is 4. The van der Waals surface area contributed by atoms with E-state index < -0.39 is 5.97 Å². The number of benzene rings is 1. The van der Waals surface area contributed by atoms with Gasteiger partial charge in [-0.1, -0.05) is 13.0 Å². The van der Waals surface area contributed by atoms with Crippen molar-refractivity contribution < 1.29 is 15.3 Å². The summed E-state index contributed by atoms with van der Waals surface area (Å²) in [7, 11) is 1.67. The second-order valence-corrected chi connectivity index (χ2v) is 5.93. The zero-order valence-corrected chi connectivity index (χ0v) is 15.0. The van der Waals surface area contributed by atoms with Crippen LogP contribution < -0.4 is 10.6 Å². The van der Waals surface area contributed by atoms with Crippen LogP contribution in [-0.4, -0.2) is 39.0 Å². The summed E-state index contributed by atoms with van der Waals surface area (Å²) in [4.78, 5) is 15.0. The molecule has 0 saturated heterocycles. The van der Waals surface area contributed by atoms with Crippen molar-refractivity contribution in [2.45, 2.75) is 19.3 Å².